The zero-order valence-electron chi connectivity index (χ0n) is 12.9. The van der Waals surface area contributed by atoms with Crippen LogP contribution in [0.2, 0.25) is 0 Å². The zero-order valence-corrected chi connectivity index (χ0v) is 12.9. The van der Waals surface area contributed by atoms with E-state index in [9.17, 15) is 9.18 Å². The molecule has 2 unspecified atom stereocenters. The van der Waals surface area contributed by atoms with Gasteiger partial charge in [0.1, 0.15) is 11.6 Å². The molecule has 1 fully saturated rings. The Labute approximate surface area is 134 Å². The Balaban J connectivity index is 1.69. The lowest BCUT2D eigenvalue weighted by Gasteiger charge is -2.30. The van der Waals surface area contributed by atoms with E-state index in [0.29, 0.717) is 18.2 Å². The second-order valence-corrected chi connectivity index (χ2v) is 6.03. The van der Waals surface area contributed by atoms with Gasteiger partial charge in [-0.25, -0.2) is 4.39 Å². The van der Waals surface area contributed by atoms with E-state index >= 15 is 0 Å². The number of rotatable bonds is 4. The van der Waals surface area contributed by atoms with Crippen molar-refractivity contribution in [1.29, 1.82) is 0 Å². The quantitative estimate of drug-likeness (QED) is 0.909. The third-order valence-electron chi connectivity index (χ3n) is 4.49. The molecule has 0 aliphatic heterocycles. The van der Waals surface area contributed by atoms with Crippen LogP contribution in [-0.4, -0.2) is 18.5 Å². The van der Waals surface area contributed by atoms with Crippen LogP contribution in [0, 0.1) is 11.7 Å². The van der Waals surface area contributed by atoms with Crippen molar-refractivity contribution in [3.8, 4) is 11.3 Å². The average Bonchev–Trinajstić information content (AvgIpc) is 3.06. The van der Waals surface area contributed by atoms with Crippen molar-refractivity contribution in [3.05, 3.63) is 48.0 Å². The summed E-state index contributed by atoms with van der Waals surface area (Å²) in [6, 6.07) is 9.47. The van der Waals surface area contributed by atoms with Crippen LogP contribution in [0.15, 0.2) is 40.8 Å². The maximum Gasteiger partial charge on any atom is 0.287 e. The molecule has 0 saturated heterocycles. The van der Waals surface area contributed by atoms with Crippen molar-refractivity contribution in [2.24, 2.45) is 11.7 Å². The minimum Gasteiger partial charge on any atom is -0.451 e. The minimum absolute atomic E-state index is 0.112. The Kier molecular flexibility index (Phi) is 4.76. The number of amides is 1. The first-order valence-electron chi connectivity index (χ1n) is 8.04. The number of carbonyl (C=O) groups is 1. The fraction of sp³-hybridized carbons (Fsp3) is 0.389. The highest BCUT2D eigenvalue weighted by Gasteiger charge is 2.26. The van der Waals surface area contributed by atoms with Gasteiger partial charge in [0.15, 0.2) is 5.76 Å². The standard InChI is InChI=1S/C18H21FN2O2/c19-14-7-5-12(6-8-14)16-9-10-17(23-16)18(22)21-15-4-2-1-3-13(15)11-20/h5-10,13,15H,1-4,11,20H2,(H,21,22). The van der Waals surface area contributed by atoms with Gasteiger partial charge in [0.05, 0.1) is 0 Å². The maximum absolute atomic E-state index is 13.0. The number of furan rings is 1. The van der Waals surface area contributed by atoms with Crippen LogP contribution in [0.1, 0.15) is 36.2 Å². The smallest absolute Gasteiger partial charge is 0.287 e. The van der Waals surface area contributed by atoms with Crippen LogP contribution >= 0.6 is 0 Å². The SMILES string of the molecule is NCC1CCCCC1NC(=O)c1ccc(-c2ccc(F)cc2)o1. The van der Waals surface area contributed by atoms with E-state index in [1.165, 1.54) is 18.6 Å². The van der Waals surface area contributed by atoms with Crippen molar-refractivity contribution >= 4 is 5.91 Å². The second kappa shape index (κ2) is 6.96. The molecule has 1 aromatic heterocycles. The van der Waals surface area contributed by atoms with Crippen LogP contribution in [0.5, 0.6) is 0 Å². The fourth-order valence-electron chi connectivity index (χ4n) is 3.15. The van der Waals surface area contributed by atoms with Crippen molar-refractivity contribution in [1.82, 2.24) is 5.32 Å². The molecule has 1 heterocycles. The number of hydrogen-bond acceptors (Lipinski definition) is 3. The monoisotopic (exact) mass is 316 g/mol. The summed E-state index contributed by atoms with van der Waals surface area (Å²) in [6.07, 6.45) is 4.30. The summed E-state index contributed by atoms with van der Waals surface area (Å²) in [6.45, 7) is 0.587. The van der Waals surface area contributed by atoms with Gasteiger partial charge in [-0.1, -0.05) is 12.8 Å². The molecule has 23 heavy (non-hydrogen) atoms. The molecule has 2 aromatic rings. The Morgan fingerprint density at radius 1 is 1.17 bits per heavy atom. The summed E-state index contributed by atoms with van der Waals surface area (Å²) < 4.78 is 18.6. The summed E-state index contributed by atoms with van der Waals surface area (Å²) in [5.74, 6) is 0.631. The van der Waals surface area contributed by atoms with Crippen molar-refractivity contribution in [2.75, 3.05) is 6.54 Å². The summed E-state index contributed by atoms with van der Waals surface area (Å²) in [7, 11) is 0. The number of hydrogen-bond donors (Lipinski definition) is 2. The van der Waals surface area contributed by atoms with E-state index in [1.54, 1.807) is 24.3 Å². The molecule has 0 bridgehead atoms. The van der Waals surface area contributed by atoms with Crippen LogP contribution in [0.25, 0.3) is 11.3 Å². The number of nitrogens with one attached hydrogen (secondary N) is 1. The third kappa shape index (κ3) is 3.62. The van der Waals surface area contributed by atoms with Crippen LogP contribution in [-0.2, 0) is 0 Å². The molecule has 1 amide bonds. The zero-order chi connectivity index (χ0) is 16.2. The van der Waals surface area contributed by atoms with Crippen LogP contribution in [0.4, 0.5) is 4.39 Å². The molecule has 0 radical (unpaired) electrons. The second-order valence-electron chi connectivity index (χ2n) is 6.03. The molecular formula is C18H21FN2O2. The molecule has 1 aliphatic rings. The number of nitrogens with two attached hydrogens (primary N) is 1. The first kappa shape index (κ1) is 15.7. The summed E-state index contributed by atoms with van der Waals surface area (Å²) in [4.78, 5) is 12.4. The van der Waals surface area contributed by atoms with Gasteiger partial charge in [-0.3, -0.25) is 4.79 Å². The van der Waals surface area contributed by atoms with E-state index < -0.39 is 0 Å². The molecule has 2 atom stereocenters. The van der Waals surface area contributed by atoms with E-state index in [0.717, 1.165) is 24.8 Å². The molecule has 5 heteroatoms. The summed E-state index contributed by atoms with van der Waals surface area (Å²) >= 11 is 0. The molecule has 122 valence electrons. The molecule has 1 saturated carbocycles. The van der Waals surface area contributed by atoms with Gasteiger partial charge >= 0.3 is 0 Å². The average molecular weight is 316 g/mol. The third-order valence-corrected chi connectivity index (χ3v) is 4.49. The predicted molar refractivity (Wildman–Crippen MR) is 86.4 cm³/mol. The molecule has 3 N–H and O–H groups in total. The first-order chi connectivity index (χ1) is 11.2. The largest absolute Gasteiger partial charge is 0.451 e. The van der Waals surface area contributed by atoms with Gasteiger partial charge < -0.3 is 15.5 Å². The van der Waals surface area contributed by atoms with E-state index in [1.807, 2.05) is 0 Å². The van der Waals surface area contributed by atoms with Gasteiger partial charge in [0.2, 0.25) is 0 Å². The Hall–Kier alpha value is -2.14. The van der Waals surface area contributed by atoms with E-state index in [4.69, 9.17) is 10.2 Å². The van der Waals surface area contributed by atoms with Gasteiger partial charge in [-0.2, -0.15) is 0 Å². The lowest BCUT2D eigenvalue weighted by molar-refractivity contribution is 0.0880. The number of halogens is 1. The lowest BCUT2D eigenvalue weighted by atomic mass is 9.84. The number of carbonyl (C=O) groups excluding carboxylic acids is 1. The highest BCUT2D eigenvalue weighted by atomic mass is 19.1. The van der Waals surface area contributed by atoms with Crippen LogP contribution in [0.3, 0.4) is 0 Å². The normalized spacial score (nSPS) is 21.1. The van der Waals surface area contributed by atoms with Gasteiger partial charge in [0, 0.05) is 11.6 Å². The van der Waals surface area contributed by atoms with Gasteiger partial charge in [-0.05, 0) is 61.7 Å². The Bertz CT molecular complexity index is 666. The predicted octanol–water partition coefficient (Wildman–Crippen LogP) is 3.33. The van der Waals surface area contributed by atoms with Gasteiger partial charge in [0.25, 0.3) is 5.91 Å². The summed E-state index contributed by atoms with van der Waals surface area (Å²) in [5.41, 5.74) is 6.53. The van der Waals surface area contributed by atoms with Crippen molar-refractivity contribution in [2.45, 2.75) is 31.7 Å². The highest BCUT2D eigenvalue weighted by molar-refractivity contribution is 5.92. The molecule has 4 nitrogen and oxygen atoms in total. The van der Waals surface area contributed by atoms with Crippen molar-refractivity contribution < 1.29 is 13.6 Å². The summed E-state index contributed by atoms with van der Waals surface area (Å²) in [5, 5.41) is 3.04. The topological polar surface area (TPSA) is 68.3 Å². The van der Waals surface area contributed by atoms with Gasteiger partial charge in [-0.15, -0.1) is 0 Å². The molecule has 1 aromatic carbocycles. The minimum atomic E-state index is -0.302. The number of benzene rings is 1. The molecular weight excluding hydrogens is 295 g/mol. The lowest BCUT2D eigenvalue weighted by Crippen LogP contribution is -2.44. The van der Waals surface area contributed by atoms with E-state index in [-0.39, 0.29) is 23.5 Å². The van der Waals surface area contributed by atoms with Crippen LogP contribution < -0.4 is 11.1 Å². The highest BCUT2D eigenvalue weighted by Crippen LogP contribution is 2.25. The molecule has 1 aliphatic carbocycles. The Morgan fingerprint density at radius 2 is 1.91 bits per heavy atom. The van der Waals surface area contributed by atoms with E-state index in [2.05, 4.69) is 5.32 Å². The Morgan fingerprint density at radius 3 is 2.65 bits per heavy atom. The maximum atomic E-state index is 13.0. The molecule has 3 rings (SSSR count). The fourth-order valence-corrected chi connectivity index (χ4v) is 3.15. The first-order valence-corrected chi connectivity index (χ1v) is 8.04. The van der Waals surface area contributed by atoms with Crippen molar-refractivity contribution in [3.63, 3.8) is 0 Å². The molecule has 0 spiro atoms.